The summed E-state index contributed by atoms with van der Waals surface area (Å²) in [6.45, 7) is 7.99. The number of urea groups is 1. The van der Waals surface area contributed by atoms with Crippen molar-refractivity contribution in [3.8, 4) is 0 Å². The molecule has 1 unspecified atom stereocenters. The highest BCUT2D eigenvalue weighted by Gasteiger charge is 2.46. The molecule has 120 valence electrons. The molecule has 0 N–H and O–H groups in total. The highest BCUT2D eigenvalue weighted by atomic mass is 32.2. The van der Waals surface area contributed by atoms with Gasteiger partial charge in [0.25, 0.3) is 0 Å². The molecule has 1 aliphatic rings. The lowest BCUT2D eigenvalue weighted by Gasteiger charge is -2.35. The van der Waals surface area contributed by atoms with Crippen LogP contribution in [0.4, 0.5) is 4.79 Å². The van der Waals surface area contributed by atoms with Gasteiger partial charge in [0.15, 0.2) is 0 Å². The van der Waals surface area contributed by atoms with Gasteiger partial charge in [0.2, 0.25) is 5.84 Å². The highest BCUT2D eigenvalue weighted by molar-refractivity contribution is 7.96. The molecular formula is C13H24N4O3S. The van der Waals surface area contributed by atoms with Gasteiger partial charge in [-0.1, -0.05) is 32.7 Å². The van der Waals surface area contributed by atoms with Crippen LogP contribution < -0.4 is 0 Å². The van der Waals surface area contributed by atoms with E-state index in [9.17, 15) is 9.59 Å². The maximum atomic E-state index is 12.4. The first kappa shape index (κ1) is 17.8. The zero-order chi connectivity index (χ0) is 16.4. The van der Waals surface area contributed by atoms with E-state index in [1.165, 1.54) is 21.9 Å². The lowest BCUT2D eigenvalue weighted by Crippen LogP contribution is -2.52. The normalized spacial score (nSPS) is 19.5. The van der Waals surface area contributed by atoms with Crippen molar-refractivity contribution in [1.82, 2.24) is 14.3 Å². The van der Waals surface area contributed by atoms with Crippen molar-refractivity contribution in [3.05, 3.63) is 0 Å². The van der Waals surface area contributed by atoms with E-state index < -0.39 is 5.97 Å². The van der Waals surface area contributed by atoms with Gasteiger partial charge >= 0.3 is 12.0 Å². The third-order valence-corrected chi connectivity index (χ3v) is 3.57. The van der Waals surface area contributed by atoms with Gasteiger partial charge in [0, 0.05) is 19.5 Å². The maximum absolute atomic E-state index is 12.4. The van der Waals surface area contributed by atoms with Crippen LogP contribution in [0.1, 0.15) is 27.7 Å². The Balaban J connectivity index is 3.25. The molecule has 1 atom stereocenters. The molecule has 0 saturated carbocycles. The van der Waals surface area contributed by atoms with E-state index in [0.717, 1.165) is 0 Å². The first-order chi connectivity index (χ1) is 9.65. The van der Waals surface area contributed by atoms with Crippen LogP contribution in [0.3, 0.4) is 0 Å². The van der Waals surface area contributed by atoms with E-state index in [-0.39, 0.29) is 30.1 Å². The summed E-state index contributed by atoms with van der Waals surface area (Å²) in [6, 6.07) is -0.331. The quantitative estimate of drug-likeness (QED) is 0.587. The fourth-order valence-corrected chi connectivity index (χ4v) is 2.70. The van der Waals surface area contributed by atoms with Crippen LogP contribution in [0.25, 0.3) is 0 Å². The fraction of sp³-hybridized carbons (Fsp3) is 0.769. The minimum absolute atomic E-state index is 0.0322. The summed E-state index contributed by atoms with van der Waals surface area (Å²) in [4.78, 5) is 30.4. The number of hydrazine groups is 1. The Kier molecular flexibility index (Phi) is 5.63. The van der Waals surface area contributed by atoms with Crippen LogP contribution in [0, 0.1) is 5.41 Å². The number of amides is 2. The number of nitrogens with zero attached hydrogens (tertiary/aromatic N) is 4. The maximum Gasteiger partial charge on any atom is 0.375 e. The Morgan fingerprint density at radius 3 is 2.33 bits per heavy atom. The number of carbonyl (C=O) groups is 2. The van der Waals surface area contributed by atoms with E-state index in [2.05, 4.69) is 4.99 Å². The number of ether oxygens (including phenoxy) is 1. The largest absolute Gasteiger partial charge is 0.460 e. The molecule has 0 aromatic carbocycles. The minimum Gasteiger partial charge on any atom is -0.460 e. The van der Waals surface area contributed by atoms with E-state index in [1.807, 2.05) is 27.0 Å². The minimum atomic E-state index is -0.585. The standard InChI is InChI=1S/C13H24N4O3S/c1-8-20-10(18)9-14-11(13(2,3)4)17(21-7)16(9)12(19)15(5)6/h11H,8H2,1-7H3. The number of esters is 1. The summed E-state index contributed by atoms with van der Waals surface area (Å²) in [5, 5.41) is 1.29. The second kappa shape index (κ2) is 6.65. The van der Waals surface area contributed by atoms with Gasteiger partial charge in [-0.2, -0.15) is 5.01 Å². The van der Waals surface area contributed by atoms with Crippen molar-refractivity contribution >= 4 is 29.8 Å². The average Bonchev–Trinajstić information content (AvgIpc) is 2.76. The fourth-order valence-electron chi connectivity index (χ4n) is 1.83. The van der Waals surface area contributed by atoms with Gasteiger partial charge in [0.05, 0.1) is 6.61 Å². The molecular weight excluding hydrogens is 292 g/mol. The summed E-state index contributed by atoms with van der Waals surface area (Å²) in [7, 11) is 3.27. The molecule has 1 aliphatic heterocycles. The van der Waals surface area contributed by atoms with Crippen molar-refractivity contribution in [2.24, 2.45) is 10.4 Å². The van der Waals surface area contributed by atoms with Gasteiger partial charge < -0.3 is 9.64 Å². The van der Waals surface area contributed by atoms with Crippen LogP contribution in [-0.4, -0.2) is 65.3 Å². The number of carbonyl (C=O) groups excluding carboxylic acids is 2. The second-order valence-corrected chi connectivity index (χ2v) is 6.63. The molecule has 1 heterocycles. The van der Waals surface area contributed by atoms with Crippen LogP contribution in [0.15, 0.2) is 4.99 Å². The van der Waals surface area contributed by atoms with Gasteiger partial charge in [-0.15, -0.1) is 4.41 Å². The Labute approximate surface area is 130 Å². The topological polar surface area (TPSA) is 65.5 Å². The Bertz CT molecular complexity index is 445. The summed E-state index contributed by atoms with van der Waals surface area (Å²) in [5.74, 6) is -0.552. The van der Waals surface area contributed by atoms with E-state index in [1.54, 1.807) is 25.4 Å². The van der Waals surface area contributed by atoms with Crippen molar-refractivity contribution in [3.63, 3.8) is 0 Å². The molecule has 1 rings (SSSR count). The van der Waals surface area contributed by atoms with Crippen LogP contribution in [-0.2, 0) is 9.53 Å². The Morgan fingerprint density at radius 2 is 1.95 bits per heavy atom. The molecule has 0 spiro atoms. The summed E-state index contributed by atoms with van der Waals surface area (Å²) in [6.07, 6.45) is 1.52. The number of hydrogen-bond acceptors (Lipinski definition) is 6. The van der Waals surface area contributed by atoms with Gasteiger partial charge in [0.1, 0.15) is 6.17 Å². The van der Waals surface area contributed by atoms with Crippen molar-refractivity contribution in [1.29, 1.82) is 0 Å². The number of rotatable bonds is 3. The number of hydrogen-bond donors (Lipinski definition) is 0. The zero-order valence-corrected chi connectivity index (χ0v) is 14.5. The van der Waals surface area contributed by atoms with E-state index in [0.29, 0.717) is 0 Å². The summed E-state index contributed by atoms with van der Waals surface area (Å²) in [5.41, 5.74) is -0.234. The van der Waals surface area contributed by atoms with Crippen molar-refractivity contribution in [2.75, 3.05) is 27.0 Å². The molecule has 0 aromatic rings. The Hall–Kier alpha value is -1.28. The SMILES string of the molecule is CCOC(=O)C1=NC(C(C)(C)C)N(SC)N1C(=O)N(C)C. The molecule has 0 radical (unpaired) electrons. The number of amidine groups is 1. The van der Waals surface area contributed by atoms with Gasteiger partial charge in [-0.3, -0.25) is 0 Å². The second-order valence-electron chi connectivity index (χ2n) is 5.89. The highest BCUT2D eigenvalue weighted by Crippen LogP contribution is 2.35. The number of aliphatic imine (C=N–C) groups is 1. The first-order valence-electron chi connectivity index (χ1n) is 6.74. The van der Waals surface area contributed by atoms with E-state index >= 15 is 0 Å². The smallest absolute Gasteiger partial charge is 0.375 e. The Morgan fingerprint density at radius 1 is 1.38 bits per heavy atom. The lowest BCUT2D eigenvalue weighted by molar-refractivity contribution is -0.136. The average molecular weight is 316 g/mol. The van der Waals surface area contributed by atoms with Crippen LogP contribution in [0.5, 0.6) is 0 Å². The third kappa shape index (κ3) is 3.68. The molecule has 0 bridgehead atoms. The van der Waals surface area contributed by atoms with Crippen LogP contribution in [0.2, 0.25) is 0 Å². The van der Waals surface area contributed by atoms with Crippen molar-refractivity contribution in [2.45, 2.75) is 33.9 Å². The molecule has 0 saturated heterocycles. The molecule has 8 heteroatoms. The molecule has 0 aromatic heterocycles. The van der Waals surface area contributed by atoms with Gasteiger partial charge in [-0.25, -0.2) is 14.6 Å². The molecule has 7 nitrogen and oxygen atoms in total. The van der Waals surface area contributed by atoms with Crippen molar-refractivity contribution < 1.29 is 14.3 Å². The molecule has 0 aliphatic carbocycles. The summed E-state index contributed by atoms with van der Waals surface area (Å²) < 4.78 is 6.74. The lowest BCUT2D eigenvalue weighted by atomic mass is 9.93. The van der Waals surface area contributed by atoms with E-state index in [4.69, 9.17) is 4.74 Å². The molecule has 0 fully saturated rings. The third-order valence-electron chi connectivity index (χ3n) is 2.83. The monoisotopic (exact) mass is 316 g/mol. The molecule has 21 heavy (non-hydrogen) atoms. The first-order valence-corrected chi connectivity index (χ1v) is 7.92. The van der Waals surface area contributed by atoms with Crippen LogP contribution >= 0.6 is 11.9 Å². The van der Waals surface area contributed by atoms with Gasteiger partial charge in [-0.05, 0) is 13.2 Å². The predicted molar refractivity (Wildman–Crippen MR) is 83.6 cm³/mol. The predicted octanol–water partition coefficient (Wildman–Crippen LogP) is 1.81. The molecule has 2 amide bonds. The summed E-state index contributed by atoms with van der Waals surface area (Å²) >= 11 is 1.35. The zero-order valence-electron chi connectivity index (χ0n) is 13.7.